The second kappa shape index (κ2) is 10.3. The SMILES string of the molecule is O=C(O)CCCCCC[C@H]1C(=O)CC(O)C1CC[C@@H](O)c1cc2ccccc2s1. The van der Waals surface area contributed by atoms with Crippen LogP contribution in [0.1, 0.15) is 68.8 Å². The Morgan fingerprint density at radius 1 is 1.14 bits per heavy atom. The van der Waals surface area contributed by atoms with Gasteiger partial charge < -0.3 is 15.3 Å². The lowest BCUT2D eigenvalue weighted by Gasteiger charge is -2.22. The van der Waals surface area contributed by atoms with Crippen LogP contribution in [0, 0.1) is 11.8 Å². The highest BCUT2D eigenvalue weighted by Crippen LogP contribution is 2.39. The number of aliphatic carboxylic acids is 1. The second-order valence-corrected chi connectivity index (χ2v) is 9.25. The number of carboxylic acid groups (broad SMARTS) is 1. The van der Waals surface area contributed by atoms with E-state index in [1.165, 1.54) is 0 Å². The van der Waals surface area contributed by atoms with Crippen LogP contribution in [-0.4, -0.2) is 33.2 Å². The molecule has 2 aromatic rings. The third-order valence-corrected chi connectivity index (χ3v) is 7.25. The van der Waals surface area contributed by atoms with Crippen LogP contribution in [0.2, 0.25) is 0 Å². The number of fused-ring (bicyclic) bond motifs is 1. The van der Waals surface area contributed by atoms with Gasteiger partial charge in [-0.1, -0.05) is 37.5 Å². The summed E-state index contributed by atoms with van der Waals surface area (Å²) in [7, 11) is 0. The van der Waals surface area contributed by atoms with Crippen LogP contribution in [0.3, 0.4) is 0 Å². The summed E-state index contributed by atoms with van der Waals surface area (Å²) in [5.74, 6) is -0.870. The van der Waals surface area contributed by atoms with Crippen LogP contribution in [0.4, 0.5) is 0 Å². The summed E-state index contributed by atoms with van der Waals surface area (Å²) in [5, 5.41) is 30.8. The molecule has 4 atom stereocenters. The van der Waals surface area contributed by atoms with Crippen molar-refractivity contribution in [2.24, 2.45) is 11.8 Å². The molecule has 1 fully saturated rings. The zero-order valence-corrected chi connectivity index (χ0v) is 17.4. The molecule has 29 heavy (non-hydrogen) atoms. The molecule has 1 saturated carbocycles. The van der Waals surface area contributed by atoms with Crippen molar-refractivity contribution in [1.29, 1.82) is 0 Å². The zero-order valence-electron chi connectivity index (χ0n) is 16.6. The number of carbonyl (C=O) groups excluding carboxylic acids is 1. The van der Waals surface area contributed by atoms with E-state index in [4.69, 9.17) is 5.11 Å². The molecule has 0 bridgehead atoms. The maximum atomic E-state index is 12.3. The molecule has 3 rings (SSSR count). The van der Waals surface area contributed by atoms with Gasteiger partial charge in [0.05, 0.1) is 12.2 Å². The number of hydrogen-bond donors (Lipinski definition) is 3. The summed E-state index contributed by atoms with van der Waals surface area (Å²) < 4.78 is 1.15. The molecule has 5 nitrogen and oxygen atoms in total. The minimum absolute atomic E-state index is 0.0921. The smallest absolute Gasteiger partial charge is 0.303 e. The average molecular weight is 419 g/mol. The highest BCUT2D eigenvalue weighted by molar-refractivity contribution is 7.19. The molecule has 0 aliphatic heterocycles. The van der Waals surface area contributed by atoms with E-state index in [2.05, 4.69) is 0 Å². The van der Waals surface area contributed by atoms with E-state index in [0.717, 1.165) is 40.6 Å². The Hall–Kier alpha value is -1.76. The van der Waals surface area contributed by atoms with Gasteiger partial charge in [0, 0.05) is 28.3 Å². The van der Waals surface area contributed by atoms with Crippen molar-refractivity contribution in [1.82, 2.24) is 0 Å². The fourth-order valence-electron chi connectivity index (χ4n) is 4.44. The summed E-state index contributed by atoms with van der Waals surface area (Å²) in [6.07, 6.45) is 4.43. The number of aliphatic hydroxyl groups is 2. The van der Waals surface area contributed by atoms with E-state index in [1.807, 2.05) is 30.3 Å². The maximum absolute atomic E-state index is 12.3. The van der Waals surface area contributed by atoms with Gasteiger partial charge in [0.1, 0.15) is 5.78 Å². The first-order valence-electron chi connectivity index (χ1n) is 10.5. The minimum atomic E-state index is -0.767. The number of unbranched alkanes of at least 4 members (excludes halogenated alkanes) is 3. The molecule has 1 aliphatic carbocycles. The number of ketones is 1. The molecule has 1 heterocycles. The van der Waals surface area contributed by atoms with Crippen molar-refractivity contribution in [2.45, 2.75) is 70.0 Å². The Balaban J connectivity index is 1.49. The highest BCUT2D eigenvalue weighted by Gasteiger charge is 2.40. The Morgan fingerprint density at radius 3 is 2.66 bits per heavy atom. The van der Waals surface area contributed by atoms with Gasteiger partial charge in [0.15, 0.2) is 0 Å². The van der Waals surface area contributed by atoms with Gasteiger partial charge >= 0.3 is 5.97 Å². The van der Waals surface area contributed by atoms with Crippen LogP contribution < -0.4 is 0 Å². The zero-order chi connectivity index (χ0) is 20.8. The van der Waals surface area contributed by atoms with Crippen molar-refractivity contribution < 1.29 is 24.9 Å². The Morgan fingerprint density at radius 2 is 1.90 bits per heavy atom. The number of rotatable bonds is 11. The third-order valence-electron chi connectivity index (χ3n) is 6.04. The summed E-state index contributed by atoms with van der Waals surface area (Å²) in [4.78, 5) is 23.8. The molecule has 0 spiro atoms. The second-order valence-electron chi connectivity index (χ2n) is 8.13. The van der Waals surface area contributed by atoms with Crippen molar-refractivity contribution in [3.63, 3.8) is 0 Å². The molecule has 0 amide bonds. The number of carboxylic acids is 1. The summed E-state index contributed by atoms with van der Waals surface area (Å²) in [5.41, 5.74) is 0. The Labute approximate surface area is 175 Å². The number of carbonyl (C=O) groups is 2. The lowest BCUT2D eigenvalue weighted by atomic mass is 9.85. The number of thiophene rings is 1. The van der Waals surface area contributed by atoms with E-state index < -0.39 is 18.2 Å². The Bertz CT molecular complexity index is 797. The highest BCUT2D eigenvalue weighted by atomic mass is 32.1. The first-order chi connectivity index (χ1) is 14.0. The summed E-state index contributed by atoms with van der Waals surface area (Å²) in [6, 6.07) is 10.1. The Kier molecular flexibility index (Phi) is 7.81. The molecule has 6 heteroatoms. The molecule has 3 N–H and O–H groups in total. The lowest BCUT2D eigenvalue weighted by Crippen LogP contribution is -2.21. The average Bonchev–Trinajstić information content (AvgIpc) is 3.23. The predicted octanol–water partition coefficient (Wildman–Crippen LogP) is 4.71. The molecule has 1 aromatic heterocycles. The molecule has 1 aliphatic rings. The number of hydrogen-bond acceptors (Lipinski definition) is 5. The van der Waals surface area contributed by atoms with Crippen molar-refractivity contribution >= 4 is 33.2 Å². The van der Waals surface area contributed by atoms with Gasteiger partial charge in [-0.15, -0.1) is 11.3 Å². The van der Waals surface area contributed by atoms with E-state index in [0.29, 0.717) is 19.3 Å². The van der Waals surface area contributed by atoms with Gasteiger partial charge in [-0.3, -0.25) is 9.59 Å². The van der Waals surface area contributed by atoms with Gasteiger partial charge in [-0.05, 0) is 49.1 Å². The standard InChI is InChI=1S/C23H30O5S/c24-18(22-13-15-7-5-6-9-21(15)29-22)12-11-17-16(19(25)14-20(17)26)8-3-1-2-4-10-23(27)28/h5-7,9,13,16-18,20,24,26H,1-4,8,10-12,14H2,(H,27,28)/t16-,17?,18-,20?/m1/s1. The van der Waals surface area contributed by atoms with Crippen LogP contribution in [-0.2, 0) is 9.59 Å². The summed E-state index contributed by atoms with van der Waals surface area (Å²) in [6.45, 7) is 0. The monoisotopic (exact) mass is 418 g/mol. The summed E-state index contributed by atoms with van der Waals surface area (Å²) >= 11 is 1.59. The van der Waals surface area contributed by atoms with E-state index in [-0.39, 0.29) is 30.5 Å². The largest absolute Gasteiger partial charge is 0.481 e. The van der Waals surface area contributed by atoms with Crippen molar-refractivity contribution in [2.75, 3.05) is 0 Å². The van der Waals surface area contributed by atoms with Crippen molar-refractivity contribution in [3.8, 4) is 0 Å². The normalized spacial score (nSPS) is 23.0. The van der Waals surface area contributed by atoms with E-state index in [1.54, 1.807) is 11.3 Å². The number of Topliss-reactive ketones (excluding diaryl/α,β-unsaturated/α-hetero) is 1. The molecular formula is C23H30O5S. The first kappa shape index (κ1) is 21.9. The quantitative estimate of drug-likeness (QED) is 0.460. The number of benzene rings is 1. The molecule has 1 aromatic carbocycles. The molecule has 0 radical (unpaired) electrons. The van der Waals surface area contributed by atoms with Crippen molar-refractivity contribution in [3.05, 3.63) is 35.2 Å². The van der Waals surface area contributed by atoms with Crippen LogP contribution in [0.25, 0.3) is 10.1 Å². The van der Waals surface area contributed by atoms with Crippen LogP contribution >= 0.6 is 11.3 Å². The molecule has 2 unspecified atom stereocenters. The van der Waals surface area contributed by atoms with Gasteiger partial charge in [0.25, 0.3) is 0 Å². The molecule has 0 saturated heterocycles. The van der Waals surface area contributed by atoms with Crippen LogP contribution in [0.5, 0.6) is 0 Å². The molecule has 158 valence electrons. The topological polar surface area (TPSA) is 94.8 Å². The van der Waals surface area contributed by atoms with Gasteiger partial charge in [-0.2, -0.15) is 0 Å². The van der Waals surface area contributed by atoms with E-state index >= 15 is 0 Å². The number of aliphatic hydroxyl groups excluding tert-OH is 2. The van der Waals surface area contributed by atoms with Gasteiger partial charge in [0.2, 0.25) is 0 Å². The third kappa shape index (κ3) is 5.87. The molecular weight excluding hydrogens is 388 g/mol. The fraction of sp³-hybridized carbons (Fsp3) is 0.565. The minimum Gasteiger partial charge on any atom is -0.481 e. The van der Waals surface area contributed by atoms with Gasteiger partial charge in [-0.25, -0.2) is 0 Å². The predicted molar refractivity (Wildman–Crippen MR) is 114 cm³/mol. The van der Waals surface area contributed by atoms with Crippen LogP contribution in [0.15, 0.2) is 30.3 Å². The lowest BCUT2D eigenvalue weighted by molar-refractivity contribution is -0.137. The maximum Gasteiger partial charge on any atom is 0.303 e. The first-order valence-corrected chi connectivity index (χ1v) is 11.4. The fourth-order valence-corrected chi connectivity index (χ4v) is 5.52. The van der Waals surface area contributed by atoms with E-state index in [9.17, 15) is 19.8 Å².